The van der Waals surface area contributed by atoms with Crippen molar-refractivity contribution in [2.45, 2.75) is 35.8 Å². The summed E-state index contributed by atoms with van der Waals surface area (Å²) in [6.45, 7) is 10.8. The van der Waals surface area contributed by atoms with E-state index in [9.17, 15) is 9.59 Å². The van der Waals surface area contributed by atoms with Crippen LogP contribution in [-0.4, -0.2) is 37.4 Å². The van der Waals surface area contributed by atoms with Crippen LogP contribution in [-0.2, 0) is 19.1 Å². The number of esters is 2. The first-order chi connectivity index (χ1) is 18.9. The van der Waals surface area contributed by atoms with Crippen LogP contribution < -0.4 is 9.47 Å². The number of fused-ring (bicyclic) bond motifs is 2. The second kappa shape index (κ2) is 13.0. The molecule has 0 bridgehead atoms. The van der Waals surface area contributed by atoms with E-state index >= 15 is 0 Å². The first-order valence-electron chi connectivity index (χ1n) is 12.5. The lowest BCUT2D eigenvalue weighted by Gasteiger charge is -2.21. The second-order valence-corrected chi connectivity index (χ2v) is 10.00. The normalized spacial score (nSPS) is 12.4. The van der Waals surface area contributed by atoms with Gasteiger partial charge in [-0.05, 0) is 44.2 Å². The van der Waals surface area contributed by atoms with E-state index in [0.717, 1.165) is 43.5 Å². The first kappa shape index (κ1) is 27.8. The molecule has 0 aromatic heterocycles. The van der Waals surface area contributed by atoms with Gasteiger partial charge >= 0.3 is 11.9 Å². The molecule has 0 aliphatic heterocycles. The summed E-state index contributed by atoms with van der Waals surface area (Å²) in [6.07, 6.45) is 1.30. The van der Waals surface area contributed by atoms with Crippen molar-refractivity contribution in [2.24, 2.45) is 0 Å². The van der Waals surface area contributed by atoms with Gasteiger partial charge in [0.1, 0.15) is 36.9 Å². The molecule has 2 atom stereocenters. The molecular weight excluding hydrogens is 512 g/mol. The van der Waals surface area contributed by atoms with Gasteiger partial charge in [-0.15, -0.1) is 0 Å². The quantitative estimate of drug-likeness (QED) is 0.107. The average Bonchev–Trinajstić information content (AvgIpc) is 2.95. The van der Waals surface area contributed by atoms with Crippen LogP contribution in [0.4, 0.5) is 0 Å². The molecule has 0 aliphatic carbocycles. The van der Waals surface area contributed by atoms with Gasteiger partial charge in [0.05, 0.1) is 0 Å². The number of hydrogen-bond donors (Lipinski definition) is 0. The fraction of sp³-hybridized carbons (Fsp3) is 0.188. The summed E-state index contributed by atoms with van der Waals surface area (Å²) in [5, 5.41) is 3.39. The van der Waals surface area contributed by atoms with E-state index in [0.29, 0.717) is 11.5 Å². The van der Waals surface area contributed by atoms with Crippen LogP contribution in [0.2, 0.25) is 0 Å². The highest BCUT2D eigenvalue weighted by atomic mass is 32.2. The zero-order valence-corrected chi connectivity index (χ0v) is 22.7. The van der Waals surface area contributed by atoms with E-state index in [2.05, 4.69) is 31.4 Å². The number of rotatable bonds is 12. The Morgan fingerprint density at radius 2 is 1.18 bits per heavy atom. The number of carbonyl (C=O) groups is 2. The Kier molecular flexibility index (Phi) is 9.28. The Morgan fingerprint density at radius 1 is 0.692 bits per heavy atom. The molecule has 4 aromatic rings. The SMILES string of the molecule is C=CC(=O)OC(C)COc1c2ccccc2c(OCC(C)OC(=O)C=C)c2cc(Sc3ccccc3)ccc12. The molecule has 0 heterocycles. The van der Waals surface area contributed by atoms with E-state index in [-0.39, 0.29) is 13.2 Å². The fourth-order valence-electron chi connectivity index (χ4n) is 4.04. The van der Waals surface area contributed by atoms with Crippen LogP contribution >= 0.6 is 11.8 Å². The maximum Gasteiger partial charge on any atom is 0.330 e. The van der Waals surface area contributed by atoms with E-state index in [4.69, 9.17) is 18.9 Å². The molecule has 0 amide bonds. The lowest BCUT2D eigenvalue weighted by molar-refractivity contribution is -0.144. The fourth-order valence-corrected chi connectivity index (χ4v) is 4.92. The smallest absolute Gasteiger partial charge is 0.330 e. The maximum atomic E-state index is 11.7. The third-order valence-electron chi connectivity index (χ3n) is 5.77. The largest absolute Gasteiger partial charge is 0.488 e. The van der Waals surface area contributed by atoms with Crippen molar-refractivity contribution < 1.29 is 28.5 Å². The highest BCUT2D eigenvalue weighted by Crippen LogP contribution is 2.44. The molecule has 0 spiro atoms. The number of benzene rings is 4. The molecule has 0 saturated carbocycles. The lowest BCUT2D eigenvalue weighted by Crippen LogP contribution is -2.21. The molecule has 2 unspecified atom stereocenters. The van der Waals surface area contributed by atoms with Crippen molar-refractivity contribution >= 4 is 45.2 Å². The van der Waals surface area contributed by atoms with Crippen molar-refractivity contribution in [1.29, 1.82) is 0 Å². The third kappa shape index (κ3) is 7.00. The van der Waals surface area contributed by atoms with Gasteiger partial charge in [-0.2, -0.15) is 0 Å². The van der Waals surface area contributed by atoms with Crippen molar-refractivity contribution in [3.8, 4) is 11.5 Å². The van der Waals surface area contributed by atoms with Gasteiger partial charge in [0.2, 0.25) is 0 Å². The van der Waals surface area contributed by atoms with Crippen LogP contribution in [0.1, 0.15) is 13.8 Å². The second-order valence-electron chi connectivity index (χ2n) is 8.85. The molecule has 6 nitrogen and oxygen atoms in total. The van der Waals surface area contributed by atoms with E-state index in [1.165, 1.54) is 0 Å². The summed E-state index contributed by atoms with van der Waals surface area (Å²) in [5.41, 5.74) is 0. The Bertz CT molecular complexity index is 1500. The predicted octanol–water partition coefficient (Wildman–Crippen LogP) is 7.14. The molecule has 0 radical (unpaired) electrons. The monoisotopic (exact) mass is 542 g/mol. The van der Waals surface area contributed by atoms with Crippen molar-refractivity contribution in [1.82, 2.24) is 0 Å². The van der Waals surface area contributed by atoms with E-state index in [1.54, 1.807) is 25.6 Å². The molecule has 7 heteroatoms. The van der Waals surface area contributed by atoms with Gasteiger partial charge in [0.15, 0.2) is 0 Å². The third-order valence-corrected chi connectivity index (χ3v) is 6.77. The number of carbonyl (C=O) groups excluding carboxylic acids is 2. The predicted molar refractivity (Wildman–Crippen MR) is 155 cm³/mol. The Labute approximate surface area is 232 Å². The molecule has 0 saturated heterocycles. The topological polar surface area (TPSA) is 71.1 Å². The minimum Gasteiger partial charge on any atom is -0.488 e. The molecule has 0 fully saturated rings. The van der Waals surface area contributed by atoms with Crippen LogP contribution in [0.15, 0.2) is 108 Å². The van der Waals surface area contributed by atoms with Gasteiger partial charge in [-0.1, -0.05) is 67.4 Å². The van der Waals surface area contributed by atoms with Crippen molar-refractivity contribution in [3.05, 3.63) is 98.1 Å². The number of ether oxygens (including phenoxy) is 4. The molecule has 39 heavy (non-hydrogen) atoms. The lowest BCUT2D eigenvalue weighted by atomic mass is 10.0. The molecular formula is C32H30O6S. The molecule has 0 aliphatic rings. The van der Waals surface area contributed by atoms with Crippen LogP contribution in [0.3, 0.4) is 0 Å². The summed E-state index contributed by atoms with van der Waals surface area (Å²) in [4.78, 5) is 25.5. The highest BCUT2D eigenvalue weighted by Gasteiger charge is 2.19. The van der Waals surface area contributed by atoms with Gasteiger partial charge < -0.3 is 18.9 Å². The standard InChI is InChI=1S/C32H30O6S/c1-5-29(33)37-21(3)19-35-31-25-14-10-11-15-26(25)32(36-20-22(4)38-30(34)6-2)28-18-24(16-17-27(28)31)39-23-12-8-7-9-13-23/h5-18,21-22H,1-2,19-20H2,3-4H3. The number of hydrogen-bond acceptors (Lipinski definition) is 7. The highest BCUT2D eigenvalue weighted by molar-refractivity contribution is 7.99. The minimum absolute atomic E-state index is 0.156. The van der Waals surface area contributed by atoms with Gasteiger partial charge in [0.25, 0.3) is 0 Å². The van der Waals surface area contributed by atoms with E-state index < -0.39 is 24.1 Å². The van der Waals surface area contributed by atoms with E-state index in [1.807, 2.05) is 54.6 Å². The minimum atomic E-state index is -0.502. The molecule has 200 valence electrons. The molecule has 4 aromatic carbocycles. The Hall–Kier alpha value is -4.23. The molecule has 0 N–H and O–H groups in total. The van der Waals surface area contributed by atoms with Gasteiger partial charge in [0, 0.05) is 43.5 Å². The molecule has 4 rings (SSSR count). The Balaban J connectivity index is 1.78. The average molecular weight is 543 g/mol. The summed E-state index contributed by atoms with van der Waals surface area (Å²) in [7, 11) is 0. The Morgan fingerprint density at radius 3 is 1.72 bits per heavy atom. The zero-order chi connectivity index (χ0) is 27.8. The van der Waals surface area contributed by atoms with Crippen molar-refractivity contribution in [3.63, 3.8) is 0 Å². The summed E-state index contributed by atoms with van der Waals surface area (Å²) in [5.74, 6) is 0.323. The van der Waals surface area contributed by atoms with Gasteiger partial charge in [-0.3, -0.25) is 0 Å². The summed E-state index contributed by atoms with van der Waals surface area (Å²) in [6, 6.07) is 24.0. The summed E-state index contributed by atoms with van der Waals surface area (Å²) >= 11 is 1.64. The maximum absolute atomic E-state index is 11.7. The van der Waals surface area contributed by atoms with Crippen molar-refractivity contribution in [2.75, 3.05) is 13.2 Å². The van der Waals surface area contributed by atoms with Crippen LogP contribution in [0, 0.1) is 0 Å². The summed E-state index contributed by atoms with van der Waals surface area (Å²) < 4.78 is 23.2. The van der Waals surface area contributed by atoms with Gasteiger partial charge in [-0.25, -0.2) is 9.59 Å². The zero-order valence-electron chi connectivity index (χ0n) is 21.9. The van der Waals surface area contributed by atoms with Crippen LogP contribution in [0.25, 0.3) is 21.5 Å². The van der Waals surface area contributed by atoms with Crippen LogP contribution in [0.5, 0.6) is 11.5 Å². The first-order valence-corrected chi connectivity index (χ1v) is 13.3.